The van der Waals surface area contributed by atoms with Gasteiger partial charge in [-0.3, -0.25) is 4.79 Å². The summed E-state index contributed by atoms with van der Waals surface area (Å²) < 4.78 is 0. The number of rotatable bonds is 5. The summed E-state index contributed by atoms with van der Waals surface area (Å²) in [4.78, 5) is 12.0. The van der Waals surface area contributed by atoms with Gasteiger partial charge in [0.15, 0.2) is 0 Å². The zero-order chi connectivity index (χ0) is 16.1. The molecule has 116 valence electrons. The van der Waals surface area contributed by atoms with Gasteiger partial charge in [0.25, 0.3) is 0 Å². The van der Waals surface area contributed by atoms with Crippen LogP contribution in [0.2, 0.25) is 5.02 Å². The Bertz CT molecular complexity index is 828. The minimum atomic E-state index is 0.0399. The molecule has 0 aliphatic rings. The number of nitrogens with one attached hydrogen (secondary N) is 1. The zero-order valence-corrected chi connectivity index (χ0v) is 13.5. The zero-order valence-electron chi connectivity index (χ0n) is 12.8. The molecule has 3 rings (SSSR count). The minimum absolute atomic E-state index is 0.0399. The summed E-state index contributed by atoms with van der Waals surface area (Å²) in [5.74, 6) is 0.0399. The number of benzene rings is 3. The molecule has 0 spiro atoms. The van der Waals surface area contributed by atoms with Gasteiger partial charge in [0, 0.05) is 18.0 Å². The quantitative estimate of drug-likeness (QED) is 0.721. The second-order valence-electron chi connectivity index (χ2n) is 5.55. The second kappa shape index (κ2) is 7.30. The van der Waals surface area contributed by atoms with Crippen LogP contribution in [0, 0.1) is 0 Å². The van der Waals surface area contributed by atoms with Crippen molar-refractivity contribution in [2.75, 3.05) is 0 Å². The summed E-state index contributed by atoms with van der Waals surface area (Å²) in [5, 5.41) is 6.09. The van der Waals surface area contributed by atoms with E-state index in [9.17, 15) is 4.79 Å². The van der Waals surface area contributed by atoms with Crippen molar-refractivity contribution in [2.24, 2.45) is 0 Å². The predicted octanol–water partition coefficient (Wildman–Crippen LogP) is 4.74. The lowest BCUT2D eigenvalue weighted by molar-refractivity contribution is -0.121. The van der Waals surface area contributed by atoms with E-state index in [1.807, 2.05) is 36.4 Å². The fraction of sp³-hybridized carbons (Fsp3) is 0.150. The number of fused-ring (bicyclic) bond motifs is 1. The highest BCUT2D eigenvalue weighted by atomic mass is 35.5. The summed E-state index contributed by atoms with van der Waals surface area (Å²) in [7, 11) is 0. The number of halogens is 1. The van der Waals surface area contributed by atoms with Crippen LogP contribution in [0.5, 0.6) is 0 Å². The van der Waals surface area contributed by atoms with Crippen LogP contribution in [0.3, 0.4) is 0 Å². The van der Waals surface area contributed by atoms with E-state index in [1.165, 1.54) is 10.8 Å². The van der Waals surface area contributed by atoms with Crippen LogP contribution in [-0.4, -0.2) is 5.91 Å². The predicted molar refractivity (Wildman–Crippen MR) is 95.6 cm³/mol. The number of hydrogen-bond donors (Lipinski definition) is 1. The van der Waals surface area contributed by atoms with Gasteiger partial charge in [0.05, 0.1) is 0 Å². The Kier molecular flexibility index (Phi) is 4.94. The van der Waals surface area contributed by atoms with Crippen molar-refractivity contribution < 1.29 is 4.79 Å². The van der Waals surface area contributed by atoms with Gasteiger partial charge in [-0.1, -0.05) is 66.2 Å². The van der Waals surface area contributed by atoms with Crippen molar-refractivity contribution in [2.45, 2.75) is 19.4 Å². The summed E-state index contributed by atoms with van der Waals surface area (Å²) in [5.41, 5.74) is 2.12. The van der Waals surface area contributed by atoms with Crippen LogP contribution < -0.4 is 5.32 Å². The summed E-state index contributed by atoms with van der Waals surface area (Å²) >= 11 is 6.10. The first-order valence-corrected chi connectivity index (χ1v) is 8.08. The standard InChI is InChI=1S/C20H18ClNO/c21-19-8-4-3-6-17(19)11-12-20(23)22-14-15-9-10-16-5-1-2-7-18(16)13-15/h1-10,13H,11-12,14H2,(H,22,23). The molecule has 23 heavy (non-hydrogen) atoms. The topological polar surface area (TPSA) is 29.1 Å². The van der Waals surface area contributed by atoms with Crippen molar-refractivity contribution >= 4 is 28.3 Å². The second-order valence-corrected chi connectivity index (χ2v) is 5.96. The summed E-state index contributed by atoms with van der Waals surface area (Å²) in [6.45, 7) is 0.548. The van der Waals surface area contributed by atoms with E-state index < -0.39 is 0 Å². The Morgan fingerprint density at radius 2 is 1.65 bits per heavy atom. The van der Waals surface area contributed by atoms with E-state index in [0.29, 0.717) is 19.4 Å². The van der Waals surface area contributed by atoms with Gasteiger partial charge in [-0.2, -0.15) is 0 Å². The molecular weight excluding hydrogens is 306 g/mol. The van der Waals surface area contributed by atoms with E-state index >= 15 is 0 Å². The third kappa shape index (κ3) is 4.11. The molecule has 0 fully saturated rings. The lowest BCUT2D eigenvalue weighted by Gasteiger charge is -2.07. The molecule has 2 nitrogen and oxygen atoms in total. The highest BCUT2D eigenvalue weighted by Crippen LogP contribution is 2.17. The Hall–Kier alpha value is -2.32. The highest BCUT2D eigenvalue weighted by Gasteiger charge is 2.05. The third-order valence-electron chi connectivity index (χ3n) is 3.88. The smallest absolute Gasteiger partial charge is 0.220 e. The Morgan fingerprint density at radius 1 is 0.913 bits per heavy atom. The Labute approximate surface area is 141 Å². The van der Waals surface area contributed by atoms with Gasteiger partial charge in [0.1, 0.15) is 0 Å². The van der Waals surface area contributed by atoms with Gasteiger partial charge in [0.2, 0.25) is 5.91 Å². The average Bonchev–Trinajstić information content (AvgIpc) is 2.59. The molecule has 0 saturated carbocycles. The first kappa shape index (κ1) is 15.6. The highest BCUT2D eigenvalue weighted by molar-refractivity contribution is 6.31. The molecule has 1 amide bonds. The lowest BCUT2D eigenvalue weighted by atomic mass is 10.1. The molecule has 0 radical (unpaired) electrons. The minimum Gasteiger partial charge on any atom is -0.352 e. The maximum absolute atomic E-state index is 12.0. The van der Waals surface area contributed by atoms with Crippen molar-refractivity contribution in [3.8, 4) is 0 Å². The third-order valence-corrected chi connectivity index (χ3v) is 4.25. The molecule has 0 bridgehead atoms. The molecular formula is C20H18ClNO. The van der Waals surface area contributed by atoms with Crippen molar-refractivity contribution in [1.29, 1.82) is 0 Å². The van der Waals surface area contributed by atoms with Crippen LogP contribution in [-0.2, 0) is 17.8 Å². The monoisotopic (exact) mass is 323 g/mol. The number of amides is 1. The number of aryl methyl sites for hydroxylation is 1. The largest absolute Gasteiger partial charge is 0.352 e. The maximum Gasteiger partial charge on any atom is 0.220 e. The van der Waals surface area contributed by atoms with Crippen molar-refractivity contribution in [1.82, 2.24) is 5.32 Å². The SMILES string of the molecule is O=C(CCc1ccccc1Cl)NCc1ccc2ccccc2c1. The first-order valence-electron chi connectivity index (χ1n) is 7.70. The summed E-state index contributed by atoms with van der Waals surface area (Å²) in [6, 6.07) is 22.1. The van der Waals surface area contributed by atoms with Crippen LogP contribution in [0.25, 0.3) is 10.8 Å². The number of carbonyl (C=O) groups is 1. The molecule has 0 atom stereocenters. The van der Waals surface area contributed by atoms with Crippen LogP contribution >= 0.6 is 11.6 Å². The van der Waals surface area contributed by atoms with Crippen molar-refractivity contribution in [3.05, 3.63) is 82.9 Å². The molecule has 0 unspecified atom stereocenters. The van der Waals surface area contributed by atoms with Gasteiger partial charge in [-0.25, -0.2) is 0 Å². The fourth-order valence-electron chi connectivity index (χ4n) is 2.59. The Balaban J connectivity index is 1.54. The molecule has 1 N–H and O–H groups in total. The molecule has 3 aromatic carbocycles. The molecule has 3 aromatic rings. The van der Waals surface area contributed by atoms with E-state index in [-0.39, 0.29) is 5.91 Å². The molecule has 3 heteroatoms. The summed E-state index contributed by atoms with van der Waals surface area (Å²) in [6.07, 6.45) is 1.10. The molecule has 0 heterocycles. The van der Waals surface area contributed by atoms with Gasteiger partial charge in [-0.05, 0) is 40.5 Å². The van der Waals surface area contributed by atoms with Crippen molar-refractivity contribution in [3.63, 3.8) is 0 Å². The van der Waals surface area contributed by atoms with Gasteiger partial charge >= 0.3 is 0 Å². The van der Waals surface area contributed by atoms with Gasteiger partial charge < -0.3 is 5.32 Å². The number of hydrogen-bond acceptors (Lipinski definition) is 1. The maximum atomic E-state index is 12.0. The van der Waals surface area contributed by atoms with Crippen LogP contribution in [0.4, 0.5) is 0 Å². The van der Waals surface area contributed by atoms with Crippen LogP contribution in [0.15, 0.2) is 66.7 Å². The normalized spacial score (nSPS) is 10.7. The molecule has 0 aliphatic heterocycles. The molecule has 0 saturated heterocycles. The number of carbonyl (C=O) groups excluding carboxylic acids is 1. The first-order chi connectivity index (χ1) is 11.2. The van der Waals surface area contributed by atoms with E-state index in [2.05, 4.69) is 35.6 Å². The molecule has 0 aliphatic carbocycles. The van der Waals surface area contributed by atoms with E-state index in [0.717, 1.165) is 16.1 Å². The Morgan fingerprint density at radius 3 is 2.48 bits per heavy atom. The van der Waals surface area contributed by atoms with Gasteiger partial charge in [-0.15, -0.1) is 0 Å². The van der Waals surface area contributed by atoms with E-state index in [4.69, 9.17) is 11.6 Å². The van der Waals surface area contributed by atoms with Crippen LogP contribution in [0.1, 0.15) is 17.5 Å². The lowest BCUT2D eigenvalue weighted by Crippen LogP contribution is -2.23. The molecule has 0 aromatic heterocycles. The average molecular weight is 324 g/mol. The fourth-order valence-corrected chi connectivity index (χ4v) is 2.82. The van der Waals surface area contributed by atoms with E-state index in [1.54, 1.807) is 0 Å².